The van der Waals surface area contributed by atoms with Gasteiger partial charge in [0.25, 0.3) is 5.91 Å². The molecule has 2 saturated heterocycles. The van der Waals surface area contributed by atoms with Gasteiger partial charge in [0.15, 0.2) is 16.6 Å². The molecule has 0 unspecified atom stereocenters. The first kappa shape index (κ1) is 24.8. The lowest BCUT2D eigenvalue weighted by atomic mass is 10.1. The van der Waals surface area contributed by atoms with Gasteiger partial charge in [-0.05, 0) is 31.5 Å². The van der Waals surface area contributed by atoms with E-state index >= 15 is 0 Å². The fourth-order valence-electron chi connectivity index (χ4n) is 4.70. The largest absolute Gasteiger partial charge is 0.454 e. The standard InChI is InChI=1S/C25H34N6O4S/c1-18(2)26-25-27-20(16-36-25)24(33)31-11-7-29(8-12-31)15-23(32)30-9-5-28(6-10-30)14-19-3-4-21-22(13-19)35-17-34-21/h3-4,13,16,18H,5-12,14-15,17H2,1-2H3,(H,26,27). The molecule has 1 N–H and O–H groups in total. The van der Waals surface area contributed by atoms with Crippen LogP contribution >= 0.6 is 11.3 Å². The van der Waals surface area contributed by atoms with Crippen molar-refractivity contribution < 1.29 is 19.1 Å². The summed E-state index contributed by atoms with van der Waals surface area (Å²) in [7, 11) is 0. The van der Waals surface area contributed by atoms with Gasteiger partial charge in [-0.1, -0.05) is 6.07 Å². The summed E-state index contributed by atoms with van der Waals surface area (Å²) in [6.45, 7) is 11.4. The van der Waals surface area contributed by atoms with Crippen LogP contribution in [0.3, 0.4) is 0 Å². The molecule has 194 valence electrons. The Bertz CT molecular complexity index is 1080. The molecule has 1 aromatic heterocycles. The Kier molecular flexibility index (Phi) is 7.59. The van der Waals surface area contributed by atoms with Crippen LogP contribution in [0.5, 0.6) is 11.5 Å². The molecule has 0 bridgehead atoms. The zero-order chi connectivity index (χ0) is 25.1. The molecule has 2 aromatic rings. The van der Waals surface area contributed by atoms with E-state index in [0.717, 1.165) is 49.4 Å². The van der Waals surface area contributed by atoms with E-state index < -0.39 is 0 Å². The van der Waals surface area contributed by atoms with Crippen molar-refractivity contribution in [2.45, 2.75) is 26.4 Å². The zero-order valence-electron chi connectivity index (χ0n) is 20.9. The Morgan fingerprint density at radius 3 is 2.42 bits per heavy atom. The quantitative estimate of drug-likeness (QED) is 0.598. The van der Waals surface area contributed by atoms with Crippen molar-refractivity contribution in [3.63, 3.8) is 0 Å². The molecule has 0 radical (unpaired) electrons. The predicted octanol–water partition coefficient (Wildman–Crippen LogP) is 1.79. The van der Waals surface area contributed by atoms with Crippen LogP contribution in [-0.4, -0.2) is 108 Å². The number of thiazole rings is 1. The van der Waals surface area contributed by atoms with Crippen molar-refractivity contribution in [1.82, 2.24) is 24.6 Å². The number of amides is 2. The Labute approximate surface area is 215 Å². The summed E-state index contributed by atoms with van der Waals surface area (Å²) < 4.78 is 10.9. The van der Waals surface area contributed by atoms with Crippen LogP contribution in [0.15, 0.2) is 23.6 Å². The van der Waals surface area contributed by atoms with Gasteiger partial charge < -0.3 is 24.6 Å². The number of benzene rings is 1. The average molecular weight is 515 g/mol. The van der Waals surface area contributed by atoms with Crippen LogP contribution in [0, 0.1) is 0 Å². The number of nitrogens with one attached hydrogen (secondary N) is 1. The molecule has 0 atom stereocenters. The fourth-order valence-corrected chi connectivity index (χ4v) is 5.53. The van der Waals surface area contributed by atoms with E-state index in [9.17, 15) is 9.59 Å². The zero-order valence-corrected chi connectivity index (χ0v) is 21.8. The molecule has 2 fully saturated rings. The van der Waals surface area contributed by atoms with E-state index in [1.165, 1.54) is 16.9 Å². The number of hydrogen-bond donors (Lipinski definition) is 1. The van der Waals surface area contributed by atoms with Gasteiger partial charge in [-0.2, -0.15) is 0 Å². The van der Waals surface area contributed by atoms with Crippen LogP contribution in [-0.2, 0) is 11.3 Å². The van der Waals surface area contributed by atoms with E-state index in [2.05, 4.69) is 26.2 Å². The minimum atomic E-state index is -0.0346. The number of aromatic nitrogens is 1. The lowest BCUT2D eigenvalue weighted by molar-refractivity contribution is -0.134. The molecule has 5 rings (SSSR count). The summed E-state index contributed by atoms with van der Waals surface area (Å²) in [5.74, 6) is 1.74. The van der Waals surface area contributed by atoms with Crippen molar-refractivity contribution in [3.8, 4) is 11.5 Å². The van der Waals surface area contributed by atoms with E-state index in [1.54, 1.807) is 0 Å². The Morgan fingerprint density at radius 2 is 1.67 bits per heavy atom. The van der Waals surface area contributed by atoms with Gasteiger partial charge in [0.05, 0.1) is 6.54 Å². The fraction of sp³-hybridized carbons (Fsp3) is 0.560. The second kappa shape index (κ2) is 11.0. The molecule has 4 heterocycles. The molecule has 11 heteroatoms. The molecule has 3 aliphatic rings. The maximum absolute atomic E-state index is 12.9. The highest BCUT2D eigenvalue weighted by atomic mass is 32.1. The summed E-state index contributed by atoms with van der Waals surface area (Å²) in [4.78, 5) is 38.5. The van der Waals surface area contributed by atoms with Gasteiger partial charge >= 0.3 is 0 Å². The SMILES string of the molecule is CC(C)Nc1nc(C(=O)N2CCN(CC(=O)N3CCN(Cc4ccc5c(c4)OCO5)CC3)CC2)cs1. The third-order valence-corrected chi connectivity index (χ3v) is 7.50. The topological polar surface area (TPSA) is 90.5 Å². The highest BCUT2D eigenvalue weighted by molar-refractivity contribution is 7.13. The van der Waals surface area contributed by atoms with Gasteiger partial charge in [0.2, 0.25) is 12.7 Å². The van der Waals surface area contributed by atoms with Gasteiger partial charge in [-0.15, -0.1) is 11.3 Å². The number of piperazine rings is 2. The molecule has 0 spiro atoms. The molecular weight excluding hydrogens is 480 g/mol. The highest BCUT2D eigenvalue weighted by Crippen LogP contribution is 2.32. The normalized spacial score (nSPS) is 18.6. The van der Waals surface area contributed by atoms with E-state index in [-0.39, 0.29) is 24.6 Å². The number of rotatable bonds is 7. The minimum Gasteiger partial charge on any atom is -0.454 e. The number of hydrogen-bond acceptors (Lipinski definition) is 9. The van der Waals surface area contributed by atoms with Gasteiger partial charge in [0.1, 0.15) is 5.69 Å². The monoisotopic (exact) mass is 514 g/mol. The Morgan fingerprint density at radius 1 is 0.972 bits per heavy atom. The van der Waals surface area contributed by atoms with Crippen LogP contribution < -0.4 is 14.8 Å². The molecular formula is C25H34N6O4S. The first-order valence-electron chi connectivity index (χ1n) is 12.6. The van der Waals surface area contributed by atoms with E-state index in [0.29, 0.717) is 38.4 Å². The van der Waals surface area contributed by atoms with Crippen LogP contribution in [0.25, 0.3) is 0 Å². The average Bonchev–Trinajstić information content (AvgIpc) is 3.53. The van der Waals surface area contributed by atoms with Crippen LogP contribution in [0.4, 0.5) is 5.13 Å². The number of carbonyl (C=O) groups excluding carboxylic acids is 2. The van der Waals surface area contributed by atoms with E-state index in [4.69, 9.17) is 9.47 Å². The summed E-state index contributed by atoms with van der Waals surface area (Å²) in [5.41, 5.74) is 1.68. The third-order valence-electron chi connectivity index (χ3n) is 6.72. The maximum atomic E-state index is 12.9. The minimum absolute atomic E-state index is 0.0346. The second-order valence-corrected chi connectivity index (χ2v) is 10.6. The van der Waals surface area contributed by atoms with Crippen molar-refractivity contribution in [1.29, 1.82) is 0 Å². The molecule has 2 amide bonds. The van der Waals surface area contributed by atoms with Gasteiger partial charge in [0, 0.05) is 70.3 Å². The van der Waals surface area contributed by atoms with Gasteiger partial charge in [-0.25, -0.2) is 4.98 Å². The number of fused-ring (bicyclic) bond motifs is 1. The van der Waals surface area contributed by atoms with Crippen molar-refractivity contribution in [2.75, 3.05) is 71.0 Å². The summed E-state index contributed by atoms with van der Waals surface area (Å²) >= 11 is 1.46. The molecule has 36 heavy (non-hydrogen) atoms. The number of ether oxygens (including phenoxy) is 2. The summed E-state index contributed by atoms with van der Waals surface area (Å²) in [6.07, 6.45) is 0. The molecule has 1 aromatic carbocycles. The smallest absolute Gasteiger partial charge is 0.273 e. The lowest BCUT2D eigenvalue weighted by Crippen LogP contribution is -2.54. The molecule has 3 aliphatic heterocycles. The predicted molar refractivity (Wildman–Crippen MR) is 138 cm³/mol. The highest BCUT2D eigenvalue weighted by Gasteiger charge is 2.27. The lowest BCUT2D eigenvalue weighted by Gasteiger charge is -2.38. The maximum Gasteiger partial charge on any atom is 0.273 e. The number of carbonyl (C=O) groups is 2. The van der Waals surface area contributed by atoms with Gasteiger partial charge in [-0.3, -0.25) is 19.4 Å². The molecule has 0 aliphatic carbocycles. The van der Waals surface area contributed by atoms with Crippen molar-refractivity contribution in [3.05, 3.63) is 34.8 Å². The first-order chi connectivity index (χ1) is 17.4. The first-order valence-corrected chi connectivity index (χ1v) is 13.4. The third kappa shape index (κ3) is 5.91. The van der Waals surface area contributed by atoms with E-state index in [1.807, 2.05) is 41.2 Å². The molecule has 0 saturated carbocycles. The Hall–Kier alpha value is -2.89. The van der Waals surface area contributed by atoms with Crippen LogP contribution in [0.2, 0.25) is 0 Å². The second-order valence-electron chi connectivity index (χ2n) is 9.75. The number of anilines is 1. The van der Waals surface area contributed by atoms with Crippen LogP contribution in [0.1, 0.15) is 29.9 Å². The number of nitrogens with zero attached hydrogens (tertiary/aromatic N) is 5. The van der Waals surface area contributed by atoms with Crippen molar-refractivity contribution in [2.24, 2.45) is 0 Å². The Balaban J connectivity index is 1.03. The summed E-state index contributed by atoms with van der Waals surface area (Å²) in [6, 6.07) is 6.35. The van der Waals surface area contributed by atoms with Crippen molar-refractivity contribution >= 4 is 28.3 Å². The molecule has 10 nitrogen and oxygen atoms in total. The summed E-state index contributed by atoms with van der Waals surface area (Å²) in [5, 5.41) is 5.83.